The van der Waals surface area contributed by atoms with Crippen LogP contribution in [0.25, 0.3) is 10.1 Å². The van der Waals surface area contributed by atoms with E-state index in [1.165, 1.54) is 47.9 Å². The van der Waals surface area contributed by atoms with Gasteiger partial charge in [0.15, 0.2) is 0 Å². The van der Waals surface area contributed by atoms with Crippen LogP contribution >= 0.6 is 11.5 Å². The molecule has 1 aliphatic carbocycles. The fourth-order valence-corrected chi connectivity index (χ4v) is 5.95. The summed E-state index contributed by atoms with van der Waals surface area (Å²) in [5.41, 5.74) is 1.34. The lowest BCUT2D eigenvalue weighted by Gasteiger charge is -2.34. The van der Waals surface area contributed by atoms with Gasteiger partial charge in [0.1, 0.15) is 0 Å². The topological polar surface area (TPSA) is 57.3 Å². The van der Waals surface area contributed by atoms with Gasteiger partial charge in [-0.15, -0.1) is 0 Å². The van der Waals surface area contributed by atoms with Gasteiger partial charge in [0.2, 0.25) is 0 Å². The molecule has 0 bridgehead atoms. The minimum Gasteiger partial charge on any atom is -0.335 e. The van der Waals surface area contributed by atoms with Crippen LogP contribution in [0, 0.1) is 11.8 Å². The zero-order valence-electron chi connectivity index (χ0n) is 17.7. The van der Waals surface area contributed by atoms with Crippen molar-refractivity contribution in [1.29, 1.82) is 0 Å². The second kappa shape index (κ2) is 9.43. The molecule has 0 radical (unpaired) electrons. The lowest BCUT2D eigenvalue weighted by atomic mass is 9.76. The summed E-state index contributed by atoms with van der Waals surface area (Å²) in [6, 6.07) is 9.09. The van der Waals surface area contributed by atoms with Crippen molar-refractivity contribution >= 4 is 27.6 Å². The molecular weight excluding hydrogens is 380 g/mol. The van der Waals surface area contributed by atoms with Crippen LogP contribution in [0.2, 0.25) is 0 Å². The molecule has 4 rings (SSSR count). The fraction of sp³-hybridized carbons (Fsp3) is 0.652. The normalized spacial score (nSPS) is 27.7. The molecule has 158 valence electrons. The van der Waals surface area contributed by atoms with E-state index in [1.54, 1.807) is 30.5 Å². The average Bonchev–Trinajstić information content (AvgIpc) is 3.17. The number of carbonyl (C=O) groups excluding carboxylic acids is 1. The SMILES string of the molecule is CN(C)C(=O)NC1CCC(CCC2CNCCC2c2nsc3ccccc23)CC1. The molecule has 2 aliphatic rings. The summed E-state index contributed by atoms with van der Waals surface area (Å²) < 4.78 is 6.20. The largest absolute Gasteiger partial charge is 0.335 e. The van der Waals surface area contributed by atoms with Crippen LogP contribution in [0.15, 0.2) is 24.3 Å². The number of hydrogen-bond acceptors (Lipinski definition) is 4. The van der Waals surface area contributed by atoms with Gasteiger partial charge < -0.3 is 15.5 Å². The molecule has 0 spiro atoms. The zero-order valence-corrected chi connectivity index (χ0v) is 18.5. The Hall–Kier alpha value is -1.66. The van der Waals surface area contributed by atoms with Gasteiger partial charge in [-0.2, -0.15) is 4.37 Å². The third kappa shape index (κ3) is 4.92. The van der Waals surface area contributed by atoms with E-state index in [9.17, 15) is 4.79 Å². The molecule has 29 heavy (non-hydrogen) atoms. The number of fused-ring (bicyclic) bond motifs is 1. The van der Waals surface area contributed by atoms with Crippen molar-refractivity contribution < 1.29 is 4.79 Å². The third-order valence-corrected chi connectivity index (χ3v) is 7.73. The predicted molar refractivity (Wildman–Crippen MR) is 121 cm³/mol. The Morgan fingerprint density at radius 1 is 1.17 bits per heavy atom. The molecule has 2 N–H and O–H groups in total. The van der Waals surface area contributed by atoms with E-state index in [4.69, 9.17) is 4.37 Å². The Balaban J connectivity index is 1.31. The van der Waals surface area contributed by atoms with Crippen LogP contribution in [-0.2, 0) is 0 Å². The Morgan fingerprint density at radius 3 is 2.76 bits per heavy atom. The summed E-state index contributed by atoms with van der Waals surface area (Å²) in [4.78, 5) is 13.5. The molecule has 5 nitrogen and oxygen atoms in total. The quantitative estimate of drug-likeness (QED) is 0.752. The summed E-state index contributed by atoms with van der Waals surface area (Å²) in [6.45, 7) is 2.22. The highest BCUT2D eigenvalue weighted by Gasteiger charge is 2.31. The molecule has 1 saturated carbocycles. The maximum absolute atomic E-state index is 11.9. The number of rotatable bonds is 5. The molecule has 2 amide bonds. The smallest absolute Gasteiger partial charge is 0.317 e. The summed E-state index contributed by atoms with van der Waals surface area (Å²) in [5, 5.41) is 8.15. The van der Waals surface area contributed by atoms with E-state index < -0.39 is 0 Å². The van der Waals surface area contributed by atoms with E-state index in [0.29, 0.717) is 17.9 Å². The highest BCUT2D eigenvalue weighted by Crippen LogP contribution is 2.39. The van der Waals surface area contributed by atoms with Gasteiger partial charge in [-0.05, 0) is 81.0 Å². The van der Waals surface area contributed by atoms with Gasteiger partial charge in [-0.1, -0.05) is 24.6 Å². The molecule has 2 fully saturated rings. The first kappa shape index (κ1) is 20.6. The number of nitrogens with one attached hydrogen (secondary N) is 2. The Labute approximate surface area is 178 Å². The van der Waals surface area contributed by atoms with Gasteiger partial charge in [-0.3, -0.25) is 0 Å². The van der Waals surface area contributed by atoms with E-state index in [-0.39, 0.29) is 6.03 Å². The number of urea groups is 1. The molecule has 1 aromatic carbocycles. The average molecular weight is 415 g/mol. The second-order valence-corrected chi connectivity index (χ2v) is 9.87. The number of aromatic nitrogens is 1. The summed E-state index contributed by atoms with van der Waals surface area (Å²) >= 11 is 1.65. The van der Waals surface area contributed by atoms with Crippen molar-refractivity contribution in [3.05, 3.63) is 30.0 Å². The maximum atomic E-state index is 11.9. The fourth-order valence-electron chi connectivity index (χ4n) is 5.11. The molecule has 2 aromatic rings. The first-order valence-electron chi connectivity index (χ1n) is 11.1. The first-order chi connectivity index (χ1) is 14.1. The number of benzene rings is 1. The summed E-state index contributed by atoms with van der Waals surface area (Å²) in [5.74, 6) is 2.07. The number of piperidine rings is 1. The second-order valence-electron chi connectivity index (χ2n) is 9.06. The lowest BCUT2D eigenvalue weighted by molar-refractivity contribution is 0.200. The molecule has 2 atom stereocenters. The van der Waals surface area contributed by atoms with Gasteiger partial charge in [0.25, 0.3) is 0 Å². The molecule has 6 heteroatoms. The maximum Gasteiger partial charge on any atom is 0.317 e. The molecular formula is C23H34N4OS. The van der Waals surface area contributed by atoms with Crippen LogP contribution < -0.4 is 10.6 Å². The van der Waals surface area contributed by atoms with Crippen molar-refractivity contribution in [2.75, 3.05) is 27.2 Å². The van der Waals surface area contributed by atoms with Crippen molar-refractivity contribution in [2.45, 2.75) is 56.9 Å². The molecule has 2 heterocycles. The van der Waals surface area contributed by atoms with E-state index in [2.05, 4.69) is 34.9 Å². The molecule has 2 unspecified atom stereocenters. The predicted octanol–water partition coefficient (Wildman–Crippen LogP) is 4.60. The van der Waals surface area contributed by atoms with E-state index >= 15 is 0 Å². The van der Waals surface area contributed by atoms with Crippen molar-refractivity contribution in [3.8, 4) is 0 Å². The molecule has 1 saturated heterocycles. The zero-order chi connectivity index (χ0) is 20.2. The van der Waals surface area contributed by atoms with Crippen molar-refractivity contribution in [2.24, 2.45) is 11.8 Å². The lowest BCUT2D eigenvalue weighted by Crippen LogP contribution is -2.43. The standard InChI is InChI=1S/C23H34N4OS/c1-27(2)23(28)25-18-11-8-16(9-12-18)7-10-17-15-24-14-13-19(17)22-20-5-3-4-6-21(20)29-26-22/h3-6,16-19,24H,7-15H2,1-2H3,(H,25,28). The van der Waals surface area contributed by atoms with E-state index in [0.717, 1.165) is 31.8 Å². The van der Waals surface area contributed by atoms with Crippen molar-refractivity contribution in [3.63, 3.8) is 0 Å². The van der Waals surface area contributed by atoms with Gasteiger partial charge >= 0.3 is 6.03 Å². The highest BCUT2D eigenvalue weighted by molar-refractivity contribution is 7.13. The number of amides is 2. The Morgan fingerprint density at radius 2 is 1.97 bits per heavy atom. The highest BCUT2D eigenvalue weighted by atomic mass is 32.1. The van der Waals surface area contributed by atoms with Gasteiger partial charge in [0.05, 0.1) is 10.4 Å². The number of carbonyl (C=O) groups is 1. The van der Waals surface area contributed by atoms with Crippen LogP contribution in [0.4, 0.5) is 4.79 Å². The van der Waals surface area contributed by atoms with E-state index in [1.807, 2.05) is 0 Å². The summed E-state index contributed by atoms with van der Waals surface area (Å²) in [6.07, 6.45) is 8.50. The number of hydrogen-bond donors (Lipinski definition) is 2. The molecule has 1 aromatic heterocycles. The Bertz CT molecular complexity index is 812. The van der Waals surface area contributed by atoms with Crippen molar-refractivity contribution in [1.82, 2.24) is 19.9 Å². The minimum atomic E-state index is 0.0417. The number of nitrogens with zero attached hydrogens (tertiary/aromatic N) is 2. The monoisotopic (exact) mass is 414 g/mol. The van der Waals surface area contributed by atoms with Crippen LogP contribution in [-0.4, -0.2) is 48.5 Å². The molecule has 1 aliphatic heterocycles. The van der Waals surface area contributed by atoms with Crippen LogP contribution in [0.1, 0.15) is 56.6 Å². The Kier molecular flexibility index (Phi) is 6.70. The minimum absolute atomic E-state index is 0.0417. The van der Waals surface area contributed by atoms with Crippen LogP contribution in [0.3, 0.4) is 0 Å². The van der Waals surface area contributed by atoms with Gasteiger partial charge in [-0.25, -0.2) is 4.79 Å². The van der Waals surface area contributed by atoms with Gasteiger partial charge in [0, 0.05) is 31.4 Å². The third-order valence-electron chi connectivity index (χ3n) is 6.89. The summed E-state index contributed by atoms with van der Waals surface area (Å²) in [7, 11) is 3.61. The first-order valence-corrected chi connectivity index (χ1v) is 11.9. The van der Waals surface area contributed by atoms with Crippen LogP contribution in [0.5, 0.6) is 0 Å².